The summed E-state index contributed by atoms with van der Waals surface area (Å²) in [6, 6.07) is 0.762. The van der Waals surface area contributed by atoms with E-state index in [0.717, 1.165) is 19.4 Å². The monoisotopic (exact) mass is 268 g/mol. The van der Waals surface area contributed by atoms with Gasteiger partial charge in [-0.15, -0.1) is 0 Å². The molecule has 0 aromatic carbocycles. The van der Waals surface area contributed by atoms with Gasteiger partial charge in [0.25, 0.3) is 0 Å². The highest BCUT2D eigenvalue weighted by molar-refractivity contribution is 5.76. The van der Waals surface area contributed by atoms with Crippen LogP contribution in [0, 0.1) is 0 Å². The normalized spacial score (nSPS) is 23.3. The van der Waals surface area contributed by atoms with Crippen molar-refractivity contribution in [2.75, 3.05) is 6.54 Å². The van der Waals surface area contributed by atoms with E-state index < -0.39 is 0 Å². The highest BCUT2D eigenvalue weighted by atomic mass is 16.1. The number of nitrogens with one attached hydrogen (secondary N) is 2. The molecular weight excluding hydrogens is 236 g/mol. The minimum Gasteiger partial charge on any atom is -0.352 e. The zero-order valence-corrected chi connectivity index (χ0v) is 12.8. The molecule has 112 valence electrons. The van der Waals surface area contributed by atoms with Gasteiger partial charge in [-0.25, -0.2) is 0 Å². The van der Waals surface area contributed by atoms with Crippen molar-refractivity contribution in [1.29, 1.82) is 0 Å². The lowest BCUT2D eigenvalue weighted by Gasteiger charge is -2.30. The van der Waals surface area contributed by atoms with E-state index in [0.29, 0.717) is 18.5 Å². The van der Waals surface area contributed by atoms with Crippen LogP contribution in [-0.4, -0.2) is 24.5 Å². The first kappa shape index (κ1) is 16.5. The lowest BCUT2D eigenvalue weighted by molar-refractivity contribution is -0.122. The van der Waals surface area contributed by atoms with Crippen LogP contribution in [0.2, 0.25) is 0 Å². The third kappa shape index (κ3) is 7.56. The molecule has 1 fully saturated rings. The van der Waals surface area contributed by atoms with Crippen molar-refractivity contribution in [3.05, 3.63) is 0 Å². The molecule has 2 unspecified atom stereocenters. The number of carbonyl (C=O) groups excluding carboxylic acids is 1. The van der Waals surface area contributed by atoms with Crippen LogP contribution >= 0.6 is 0 Å². The highest BCUT2D eigenvalue weighted by Crippen LogP contribution is 2.10. The van der Waals surface area contributed by atoms with Crippen LogP contribution in [0.1, 0.15) is 78.1 Å². The Kier molecular flexibility index (Phi) is 8.89. The first-order valence-corrected chi connectivity index (χ1v) is 8.26. The molecule has 1 rings (SSSR count). The van der Waals surface area contributed by atoms with Crippen molar-refractivity contribution in [3.63, 3.8) is 0 Å². The van der Waals surface area contributed by atoms with Gasteiger partial charge in [0.2, 0.25) is 5.91 Å². The Balaban J connectivity index is 1.98. The van der Waals surface area contributed by atoms with Crippen molar-refractivity contribution in [3.8, 4) is 0 Å². The number of rotatable bonds is 9. The fraction of sp³-hybridized carbons (Fsp3) is 0.938. The van der Waals surface area contributed by atoms with Crippen molar-refractivity contribution in [1.82, 2.24) is 10.6 Å². The summed E-state index contributed by atoms with van der Waals surface area (Å²) in [5.74, 6) is 0.245. The van der Waals surface area contributed by atoms with Crippen molar-refractivity contribution >= 4 is 5.91 Å². The van der Waals surface area contributed by atoms with Crippen LogP contribution in [-0.2, 0) is 4.79 Å². The van der Waals surface area contributed by atoms with Crippen LogP contribution in [0.25, 0.3) is 0 Å². The van der Waals surface area contributed by atoms with Gasteiger partial charge in [0.15, 0.2) is 0 Å². The fourth-order valence-corrected chi connectivity index (χ4v) is 2.76. The number of hydrogen-bond donors (Lipinski definition) is 2. The molecule has 0 aromatic heterocycles. The number of amides is 1. The Morgan fingerprint density at radius 1 is 1.16 bits per heavy atom. The van der Waals surface area contributed by atoms with E-state index in [1.165, 1.54) is 44.9 Å². The van der Waals surface area contributed by atoms with E-state index in [2.05, 4.69) is 24.5 Å². The molecule has 1 aliphatic rings. The summed E-state index contributed by atoms with van der Waals surface area (Å²) in [5.41, 5.74) is 0. The molecule has 0 bridgehead atoms. The second kappa shape index (κ2) is 10.2. The fourth-order valence-electron chi connectivity index (χ4n) is 2.76. The molecule has 3 heteroatoms. The van der Waals surface area contributed by atoms with Crippen LogP contribution in [0.15, 0.2) is 0 Å². The number of piperidine rings is 1. The van der Waals surface area contributed by atoms with Gasteiger partial charge in [-0.3, -0.25) is 4.79 Å². The number of hydrogen-bond acceptors (Lipinski definition) is 2. The van der Waals surface area contributed by atoms with E-state index in [1.807, 2.05) is 0 Å². The van der Waals surface area contributed by atoms with Gasteiger partial charge in [0, 0.05) is 18.5 Å². The van der Waals surface area contributed by atoms with Gasteiger partial charge in [-0.05, 0) is 32.7 Å². The highest BCUT2D eigenvalue weighted by Gasteiger charge is 2.21. The van der Waals surface area contributed by atoms with Gasteiger partial charge in [0.1, 0.15) is 0 Å². The number of carbonyl (C=O) groups is 1. The quantitative estimate of drug-likeness (QED) is 0.629. The maximum absolute atomic E-state index is 11.9. The second-order valence-electron chi connectivity index (χ2n) is 5.93. The molecule has 0 saturated carbocycles. The third-order valence-corrected chi connectivity index (χ3v) is 4.12. The average molecular weight is 268 g/mol. The first-order valence-electron chi connectivity index (χ1n) is 8.26. The Hall–Kier alpha value is -0.570. The zero-order chi connectivity index (χ0) is 13.9. The summed E-state index contributed by atoms with van der Waals surface area (Å²) in [4.78, 5) is 11.9. The maximum Gasteiger partial charge on any atom is 0.220 e. The van der Waals surface area contributed by atoms with Crippen LogP contribution in [0.3, 0.4) is 0 Å². The van der Waals surface area contributed by atoms with Gasteiger partial charge in [-0.1, -0.05) is 45.4 Å². The van der Waals surface area contributed by atoms with Crippen molar-refractivity contribution < 1.29 is 4.79 Å². The molecule has 19 heavy (non-hydrogen) atoms. The van der Waals surface area contributed by atoms with Crippen molar-refractivity contribution in [2.45, 2.75) is 90.1 Å². The molecule has 0 aliphatic carbocycles. The SMILES string of the molecule is CCCCCCCCCC(=O)NC1CCCNC1C. The minimum absolute atomic E-state index is 0.245. The van der Waals surface area contributed by atoms with Crippen LogP contribution < -0.4 is 10.6 Å². The summed E-state index contributed by atoms with van der Waals surface area (Å²) in [7, 11) is 0. The predicted octanol–water partition coefficient (Wildman–Crippen LogP) is 3.38. The maximum atomic E-state index is 11.9. The van der Waals surface area contributed by atoms with Gasteiger partial charge in [0.05, 0.1) is 0 Å². The molecule has 2 N–H and O–H groups in total. The molecule has 0 radical (unpaired) electrons. The van der Waals surface area contributed by atoms with Gasteiger partial charge >= 0.3 is 0 Å². The molecular formula is C16H32N2O. The number of unbranched alkanes of at least 4 members (excludes halogenated alkanes) is 6. The summed E-state index contributed by atoms with van der Waals surface area (Å²) in [6.07, 6.45) is 11.9. The molecule has 0 aromatic rings. The van der Waals surface area contributed by atoms with E-state index >= 15 is 0 Å². The minimum atomic E-state index is 0.245. The standard InChI is InChI=1S/C16H32N2O/c1-3-4-5-6-7-8-9-12-16(19)18-15-11-10-13-17-14(15)2/h14-15,17H,3-13H2,1-2H3,(H,18,19). The smallest absolute Gasteiger partial charge is 0.220 e. The van der Waals surface area contributed by atoms with Gasteiger partial charge < -0.3 is 10.6 Å². The topological polar surface area (TPSA) is 41.1 Å². The average Bonchev–Trinajstić information content (AvgIpc) is 2.40. The second-order valence-corrected chi connectivity index (χ2v) is 5.93. The zero-order valence-electron chi connectivity index (χ0n) is 12.8. The van der Waals surface area contributed by atoms with E-state index in [4.69, 9.17) is 0 Å². The molecule has 1 aliphatic heterocycles. The molecule has 3 nitrogen and oxygen atoms in total. The lowest BCUT2D eigenvalue weighted by atomic mass is 9.99. The predicted molar refractivity (Wildman–Crippen MR) is 81.2 cm³/mol. The third-order valence-electron chi connectivity index (χ3n) is 4.12. The molecule has 1 amide bonds. The Bertz CT molecular complexity index is 243. The van der Waals surface area contributed by atoms with Gasteiger partial charge in [-0.2, -0.15) is 0 Å². The van der Waals surface area contributed by atoms with E-state index in [-0.39, 0.29) is 5.91 Å². The molecule has 2 atom stereocenters. The Labute approximate surface area is 118 Å². The molecule has 1 heterocycles. The Morgan fingerprint density at radius 2 is 1.84 bits per heavy atom. The summed E-state index contributed by atoms with van der Waals surface area (Å²) in [6.45, 7) is 5.49. The summed E-state index contributed by atoms with van der Waals surface area (Å²) in [5, 5.41) is 6.60. The lowest BCUT2D eigenvalue weighted by Crippen LogP contribution is -2.51. The Morgan fingerprint density at radius 3 is 2.53 bits per heavy atom. The van der Waals surface area contributed by atoms with Crippen LogP contribution in [0.4, 0.5) is 0 Å². The van der Waals surface area contributed by atoms with Crippen molar-refractivity contribution in [2.24, 2.45) is 0 Å². The summed E-state index contributed by atoms with van der Waals surface area (Å²) >= 11 is 0. The first-order chi connectivity index (χ1) is 9.24. The molecule has 0 spiro atoms. The largest absolute Gasteiger partial charge is 0.352 e. The van der Waals surface area contributed by atoms with Crippen LogP contribution in [0.5, 0.6) is 0 Å². The summed E-state index contributed by atoms with van der Waals surface area (Å²) < 4.78 is 0. The van der Waals surface area contributed by atoms with E-state index in [1.54, 1.807) is 0 Å². The van der Waals surface area contributed by atoms with E-state index in [9.17, 15) is 4.79 Å². The molecule has 1 saturated heterocycles.